The SMILES string of the molecule is c1ccc(C2=NC(c3ccccc3-c3ccc4c(c3)-c3ccccc3C43c4ccccc4-c4ccccc43)=NC(c3cccc4c3sc3ccccc34)=I2)cc1. The lowest BCUT2D eigenvalue weighted by Crippen LogP contribution is -2.25. The number of halogens is 1. The highest BCUT2D eigenvalue weighted by Gasteiger charge is 2.51. The van der Waals surface area contributed by atoms with Crippen LogP contribution >= 0.6 is 32.1 Å². The summed E-state index contributed by atoms with van der Waals surface area (Å²) in [5.41, 5.74) is 16.0. The van der Waals surface area contributed by atoms with E-state index in [0.29, 0.717) is 0 Å². The van der Waals surface area contributed by atoms with Gasteiger partial charge in [0.2, 0.25) is 0 Å². The number of nitrogens with zero attached hydrogens (tertiary/aromatic N) is 2. The van der Waals surface area contributed by atoms with Crippen molar-refractivity contribution in [1.29, 1.82) is 0 Å². The molecule has 3 aliphatic rings. The second-order valence-electron chi connectivity index (χ2n) is 14.6. The summed E-state index contributed by atoms with van der Waals surface area (Å²) < 4.78 is 4.90. The molecule has 12 rings (SSSR count). The molecule has 2 nitrogen and oxygen atoms in total. The Morgan fingerprint density at radius 1 is 0.393 bits per heavy atom. The summed E-state index contributed by atoms with van der Waals surface area (Å²) in [6.45, 7) is 0. The molecule has 2 heterocycles. The molecule has 0 atom stereocenters. The van der Waals surface area contributed by atoms with Gasteiger partial charge < -0.3 is 0 Å². The number of aliphatic imine (C=N–C) groups is 2. The first-order valence-corrected chi connectivity index (χ1v) is 21.9. The maximum Gasteiger partial charge on any atom is 0.162 e. The second-order valence-corrected chi connectivity index (χ2v) is 18.2. The van der Waals surface area contributed by atoms with Gasteiger partial charge in [0, 0.05) is 36.9 Å². The van der Waals surface area contributed by atoms with Crippen molar-refractivity contribution in [2.75, 3.05) is 0 Å². The predicted octanol–water partition coefficient (Wildman–Crippen LogP) is 13.4. The highest BCUT2D eigenvalue weighted by Crippen LogP contribution is 2.63. The summed E-state index contributed by atoms with van der Waals surface area (Å²) in [7, 11) is 0. The Morgan fingerprint density at radius 3 is 1.68 bits per heavy atom. The Hall–Kier alpha value is -6.08. The van der Waals surface area contributed by atoms with E-state index in [0.717, 1.165) is 24.3 Å². The van der Waals surface area contributed by atoms with Crippen molar-refractivity contribution in [3.63, 3.8) is 0 Å². The molecule has 1 spiro atoms. The Kier molecular flexibility index (Phi) is 7.17. The lowest BCUT2D eigenvalue weighted by Gasteiger charge is -2.30. The van der Waals surface area contributed by atoms with E-state index in [4.69, 9.17) is 9.98 Å². The maximum absolute atomic E-state index is 5.52. The van der Waals surface area contributed by atoms with Crippen molar-refractivity contribution in [1.82, 2.24) is 0 Å². The van der Waals surface area contributed by atoms with Gasteiger partial charge in [-0.1, -0.05) is 176 Å². The largest absolute Gasteiger partial charge is 0.222 e. The van der Waals surface area contributed by atoms with E-state index in [1.165, 1.54) is 81.4 Å². The van der Waals surface area contributed by atoms with Crippen LogP contribution in [0.25, 0.3) is 53.6 Å². The van der Waals surface area contributed by atoms with Crippen LogP contribution in [0, 0.1) is 0 Å². The number of rotatable bonds is 4. The summed E-state index contributed by atoms with van der Waals surface area (Å²) in [5.74, 6) is 0.773. The van der Waals surface area contributed by atoms with Crippen molar-refractivity contribution >= 4 is 65.4 Å². The zero-order chi connectivity index (χ0) is 36.8. The summed E-state index contributed by atoms with van der Waals surface area (Å²) in [6.07, 6.45) is 0. The second kappa shape index (κ2) is 12.5. The van der Waals surface area contributed by atoms with Crippen LogP contribution in [0.1, 0.15) is 38.9 Å². The summed E-state index contributed by atoms with van der Waals surface area (Å²) in [5, 5.41) is 2.60. The van der Waals surface area contributed by atoms with Crippen LogP contribution in [0.2, 0.25) is 0 Å². The van der Waals surface area contributed by atoms with E-state index in [-0.39, 0.29) is 5.41 Å². The standard InChI is InChI=1S/C52H31IN2S/c1-2-15-32(16-3-1)49-53-50(41-24-14-23-39-38-21-9-13-28-47(38)56-48(39)41)55-51(54-49)40-22-5-4-17-34(40)33-29-30-46-42(31-33)37-20-8-12-27-45(37)52(46)43-25-10-6-18-35(43)36-19-7-11-26-44(36)52/h1-31H. The molecule has 0 radical (unpaired) electrons. The lowest BCUT2D eigenvalue weighted by atomic mass is 9.70. The molecule has 0 fully saturated rings. The number of hydrogen-bond acceptors (Lipinski definition) is 3. The first-order valence-electron chi connectivity index (χ1n) is 19.0. The van der Waals surface area contributed by atoms with E-state index in [9.17, 15) is 0 Å². The first kappa shape index (κ1) is 32.2. The Labute approximate surface area is 339 Å². The number of fused-ring (bicyclic) bond motifs is 13. The molecule has 1 aromatic heterocycles. The Balaban J connectivity index is 1.05. The molecule has 8 aromatic carbocycles. The summed E-state index contributed by atoms with van der Waals surface area (Å²) >= 11 is 1.21. The van der Waals surface area contributed by atoms with E-state index >= 15 is 0 Å². The smallest absolute Gasteiger partial charge is 0.162 e. The Morgan fingerprint density at radius 2 is 0.946 bits per heavy atom. The third-order valence-electron chi connectivity index (χ3n) is 11.7. The number of thiophene rings is 1. The topological polar surface area (TPSA) is 24.7 Å². The minimum atomic E-state index is -0.664. The monoisotopic (exact) mass is 842 g/mol. The fourth-order valence-corrected chi connectivity index (χ4v) is 13.4. The molecule has 56 heavy (non-hydrogen) atoms. The quantitative estimate of drug-likeness (QED) is 0.158. The number of amidine groups is 1. The van der Waals surface area contributed by atoms with Gasteiger partial charge in [0.25, 0.3) is 0 Å². The van der Waals surface area contributed by atoms with E-state index in [1.807, 2.05) is 11.3 Å². The van der Waals surface area contributed by atoms with Gasteiger partial charge in [0.15, 0.2) is 5.84 Å². The van der Waals surface area contributed by atoms with Crippen LogP contribution in [-0.2, 0) is 5.41 Å². The molecule has 0 bridgehead atoms. The van der Waals surface area contributed by atoms with Crippen molar-refractivity contribution in [2.45, 2.75) is 5.41 Å². The third kappa shape index (κ3) is 4.57. The Bertz CT molecular complexity index is 3160. The van der Waals surface area contributed by atoms with Crippen molar-refractivity contribution in [2.24, 2.45) is 9.98 Å². The van der Waals surface area contributed by atoms with Gasteiger partial charge in [0.05, 0.1) is 5.41 Å². The van der Waals surface area contributed by atoms with E-state index in [1.54, 1.807) is 0 Å². The van der Waals surface area contributed by atoms with Crippen LogP contribution in [0.15, 0.2) is 198 Å². The van der Waals surface area contributed by atoms with Crippen LogP contribution in [0.5, 0.6) is 0 Å². The minimum absolute atomic E-state index is 0.360. The molecule has 2 aliphatic carbocycles. The molecule has 262 valence electrons. The summed E-state index contributed by atoms with van der Waals surface area (Å²) in [6, 6.07) is 69.0. The molecular weight excluding hydrogens is 812 g/mol. The molecule has 0 amide bonds. The molecule has 1 aliphatic heterocycles. The van der Waals surface area contributed by atoms with Crippen LogP contribution in [0.4, 0.5) is 0 Å². The highest BCUT2D eigenvalue weighted by atomic mass is 127. The minimum Gasteiger partial charge on any atom is -0.222 e. The van der Waals surface area contributed by atoms with Gasteiger partial charge in [-0.3, -0.25) is 0 Å². The van der Waals surface area contributed by atoms with E-state index in [2.05, 4.69) is 188 Å². The normalized spacial score (nSPS) is 14.7. The van der Waals surface area contributed by atoms with E-state index < -0.39 is 20.7 Å². The zero-order valence-electron chi connectivity index (χ0n) is 30.1. The van der Waals surface area contributed by atoms with Crippen molar-refractivity contribution in [3.05, 3.63) is 227 Å². The van der Waals surface area contributed by atoms with Crippen molar-refractivity contribution in [3.8, 4) is 33.4 Å². The number of hydrogen-bond donors (Lipinski definition) is 0. The predicted molar refractivity (Wildman–Crippen MR) is 245 cm³/mol. The van der Waals surface area contributed by atoms with Crippen LogP contribution in [-0.4, -0.2) is 13.2 Å². The molecule has 0 saturated carbocycles. The summed E-state index contributed by atoms with van der Waals surface area (Å²) in [4.78, 5) is 10.9. The van der Waals surface area contributed by atoms with Gasteiger partial charge in [-0.25, -0.2) is 9.98 Å². The average molecular weight is 843 g/mol. The van der Waals surface area contributed by atoms with Crippen molar-refractivity contribution < 1.29 is 0 Å². The van der Waals surface area contributed by atoms with Gasteiger partial charge in [-0.15, -0.1) is 11.3 Å². The molecule has 0 N–H and O–H groups in total. The molecular formula is C52H31IN2S. The first-order chi connectivity index (χ1) is 27.8. The van der Waals surface area contributed by atoms with Crippen LogP contribution in [0.3, 0.4) is 0 Å². The zero-order valence-corrected chi connectivity index (χ0v) is 33.1. The average Bonchev–Trinajstić information content (AvgIpc) is 3.91. The van der Waals surface area contributed by atoms with Gasteiger partial charge in [-0.2, -0.15) is 0 Å². The maximum atomic E-state index is 5.52. The highest BCUT2D eigenvalue weighted by molar-refractivity contribution is 14.2. The fourth-order valence-electron chi connectivity index (χ4n) is 9.37. The molecule has 9 aromatic rings. The number of benzene rings is 8. The lowest BCUT2D eigenvalue weighted by molar-refractivity contribution is 0.794. The molecule has 0 saturated heterocycles. The third-order valence-corrected chi connectivity index (χ3v) is 15.6. The fraction of sp³-hybridized carbons (Fsp3) is 0.0192. The van der Waals surface area contributed by atoms with Gasteiger partial charge in [-0.05, 0) is 88.5 Å². The molecule has 0 unspecified atom stereocenters. The van der Waals surface area contributed by atoms with Gasteiger partial charge >= 0.3 is 0 Å². The van der Waals surface area contributed by atoms with Crippen LogP contribution < -0.4 is 0 Å². The molecule has 4 heteroatoms. The van der Waals surface area contributed by atoms with Gasteiger partial charge in [0.1, 0.15) is 7.35 Å².